The number of amides is 3. The van der Waals surface area contributed by atoms with E-state index in [1.165, 1.54) is 17.0 Å². The SMILES string of the molecule is CCN(CC)[C@H](C(N)=O)C(=O)Nc1ccc(N2CCOCC2=O)c(F)c1. The average Bonchev–Trinajstić information content (AvgIpc) is 2.60. The number of hydrogen-bond donors (Lipinski definition) is 2. The Morgan fingerprint density at radius 2 is 2.08 bits per heavy atom. The van der Waals surface area contributed by atoms with Crippen LogP contribution in [0.5, 0.6) is 0 Å². The molecule has 1 aliphatic heterocycles. The molecule has 1 aromatic carbocycles. The molecule has 0 spiro atoms. The highest BCUT2D eigenvalue weighted by Gasteiger charge is 2.30. The van der Waals surface area contributed by atoms with Crippen molar-refractivity contribution in [2.24, 2.45) is 5.73 Å². The minimum atomic E-state index is -1.14. The Balaban J connectivity index is 2.16. The van der Waals surface area contributed by atoms with Crippen molar-refractivity contribution in [3.05, 3.63) is 24.0 Å². The molecular weight excluding hydrogens is 343 g/mol. The summed E-state index contributed by atoms with van der Waals surface area (Å²) in [5.74, 6) is -2.39. The number of nitrogens with zero attached hydrogens (tertiary/aromatic N) is 2. The van der Waals surface area contributed by atoms with Crippen molar-refractivity contribution >= 4 is 29.1 Å². The maximum atomic E-state index is 14.4. The van der Waals surface area contributed by atoms with E-state index in [1.807, 2.05) is 0 Å². The van der Waals surface area contributed by atoms with Gasteiger partial charge in [0.25, 0.3) is 11.8 Å². The number of primary amides is 1. The molecule has 3 amide bonds. The van der Waals surface area contributed by atoms with Gasteiger partial charge in [0.2, 0.25) is 5.91 Å². The number of nitrogens with two attached hydrogens (primary N) is 1. The first-order valence-corrected chi connectivity index (χ1v) is 8.40. The molecule has 3 N–H and O–H groups in total. The molecule has 1 heterocycles. The molecule has 0 unspecified atom stereocenters. The van der Waals surface area contributed by atoms with Crippen LogP contribution < -0.4 is 16.0 Å². The molecular formula is C17H23FN4O4. The Kier molecular flexibility index (Phi) is 6.64. The summed E-state index contributed by atoms with van der Waals surface area (Å²) < 4.78 is 19.4. The van der Waals surface area contributed by atoms with E-state index in [0.29, 0.717) is 19.7 Å². The van der Waals surface area contributed by atoms with Crippen LogP contribution in [0.3, 0.4) is 0 Å². The molecule has 0 bridgehead atoms. The van der Waals surface area contributed by atoms with Gasteiger partial charge in [0, 0.05) is 12.2 Å². The number of likely N-dealkylation sites (N-methyl/N-ethyl adjacent to an activating group) is 1. The van der Waals surface area contributed by atoms with E-state index in [4.69, 9.17) is 10.5 Å². The second-order valence-corrected chi connectivity index (χ2v) is 5.78. The monoisotopic (exact) mass is 366 g/mol. The number of rotatable bonds is 7. The molecule has 2 rings (SSSR count). The van der Waals surface area contributed by atoms with Crippen molar-refractivity contribution in [3.8, 4) is 0 Å². The van der Waals surface area contributed by atoms with Gasteiger partial charge in [-0.15, -0.1) is 0 Å². The summed E-state index contributed by atoms with van der Waals surface area (Å²) in [6.45, 7) is 5.03. The lowest BCUT2D eigenvalue weighted by Crippen LogP contribution is -2.52. The highest BCUT2D eigenvalue weighted by Crippen LogP contribution is 2.24. The van der Waals surface area contributed by atoms with Crippen LogP contribution in [0, 0.1) is 5.82 Å². The zero-order chi connectivity index (χ0) is 19.3. The largest absolute Gasteiger partial charge is 0.370 e. The van der Waals surface area contributed by atoms with Crippen LogP contribution >= 0.6 is 0 Å². The normalized spacial score (nSPS) is 15.8. The third-order valence-corrected chi connectivity index (χ3v) is 4.19. The number of hydrogen-bond acceptors (Lipinski definition) is 5. The highest BCUT2D eigenvalue weighted by atomic mass is 19.1. The maximum absolute atomic E-state index is 14.4. The fraction of sp³-hybridized carbons (Fsp3) is 0.471. The van der Waals surface area contributed by atoms with Crippen LogP contribution in [0.15, 0.2) is 18.2 Å². The van der Waals surface area contributed by atoms with Gasteiger partial charge in [-0.25, -0.2) is 4.39 Å². The van der Waals surface area contributed by atoms with E-state index in [0.717, 1.165) is 6.07 Å². The Morgan fingerprint density at radius 3 is 2.62 bits per heavy atom. The number of carbonyl (C=O) groups excluding carboxylic acids is 3. The third kappa shape index (κ3) is 4.36. The molecule has 1 saturated heterocycles. The van der Waals surface area contributed by atoms with Crippen molar-refractivity contribution in [3.63, 3.8) is 0 Å². The van der Waals surface area contributed by atoms with Crippen LogP contribution in [0.4, 0.5) is 15.8 Å². The second kappa shape index (κ2) is 8.72. The van der Waals surface area contributed by atoms with E-state index in [2.05, 4.69) is 5.32 Å². The first-order valence-electron chi connectivity index (χ1n) is 8.40. The molecule has 1 aromatic rings. The van der Waals surface area contributed by atoms with E-state index in [1.54, 1.807) is 18.7 Å². The maximum Gasteiger partial charge on any atom is 0.253 e. The Hall–Kier alpha value is -2.52. The number of morpholine rings is 1. The van der Waals surface area contributed by atoms with Gasteiger partial charge in [0.05, 0.1) is 12.3 Å². The molecule has 1 atom stereocenters. The molecule has 1 aliphatic rings. The lowest BCUT2D eigenvalue weighted by molar-refractivity contribution is -0.132. The average molecular weight is 366 g/mol. The van der Waals surface area contributed by atoms with Crippen LogP contribution in [-0.2, 0) is 19.1 Å². The van der Waals surface area contributed by atoms with Crippen molar-refractivity contribution in [2.45, 2.75) is 19.9 Å². The van der Waals surface area contributed by atoms with Gasteiger partial charge in [-0.2, -0.15) is 0 Å². The predicted molar refractivity (Wildman–Crippen MR) is 94.1 cm³/mol. The second-order valence-electron chi connectivity index (χ2n) is 5.78. The Bertz CT molecular complexity index is 693. The number of nitrogens with one attached hydrogen (secondary N) is 1. The van der Waals surface area contributed by atoms with Crippen LogP contribution in [-0.4, -0.2) is 61.5 Å². The number of benzene rings is 1. The van der Waals surface area contributed by atoms with Gasteiger partial charge >= 0.3 is 0 Å². The lowest BCUT2D eigenvalue weighted by Gasteiger charge is -2.28. The predicted octanol–water partition coefficient (Wildman–Crippen LogP) is 0.323. The summed E-state index contributed by atoms with van der Waals surface area (Å²) in [5.41, 5.74) is 5.63. The molecule has 0 aliphatic carbocycles. The Morgan fingerprint density at radius 1 is 1.38 bits per heavy atom. The third-order valence-electron chi connectivity index (χ3n) is 4.19. The van der Waals surface area contributed by atoms with Crippen LogP contribution in [0.1, 0.15) is 13.8 Å². The topological polar surface area (TPSA) is 105 Å². The summed E-state index contributed by atoms with van der Waals surface area (Å²) in [7, 11) is 0. The highest BCUT2D eigenvalue weighted by molar-refractivity contribution is 6.09. The van der Waals surface area contributed by atoms with Crippen molar-refractivity contribution in [1.82, 2.24) is 4.90 Å². The molecule has 0 radical (unpaired) electrons. The van der Waals surface area contributed by atoms with Gasteiger partial charge in [0.15, 0.2) is 6.04 Å². The number of ether oxygens (including phenoxy) is 1. The van der Waals surface area contributed by atoms with E-state index in [-0.39, 0.29) is 30.4 Å². The minimum absolute atomic E-state index is 0.0951. The number of carbonyl (C=O) groups is 3. The fourth-order valence-electron chi connectivity index (χ4n) is 2.85. The molecule has 1 fully saturated rings. The van der Waals surface area contributed by atoms with Gasteiger partial charge < -0.3 is 20.7 Å². The standard InChI is InChI=1S/C17H23FN4O4/c1-3-21(4-2)15(16(19)24)17(25)20-11-5-6-13(12(18)9-11)22-7-8-26-10-14(22)23/h5-6,9,15H,3-4,7-8,10H2,1-2H3,(H2,19,24)(H,20,25)/t15-/m1/s1. The summed E-state index contributed by atoms with van der Waals surface area (Å²) >= 11 is 0. The summed E-state index contributed by atoms with van der Waals surface area (Å²) in [6.07, 6.45) is 0. The fourth-order valence-corrected chi connectivity index (χ4v) is 2.85. The smallest absolute Gasteiger partial charge is 0.253 e. The first kappa shape index (κ1) is 19.8. The molecule has 8 nitrogen and oxygen atoms in total. The van der Waals surface area contributed by atoms with Crippen molar-refractivity contribution in [2.75, 3.05) is 43.1 Å². The van der Waals surface area contributed by atoms with E-state index >= 15 is 0 Å². The molecule has 26 heavy (non-hydrogen) atoms. The molecule has 0 saturated carbocycles. The zero-order valence-electron chi connectivity index (χ0n) is 14.8. The first-order chi connectivity index (χ1) is 12.4. The zero-order valence-corrected chi connectivity index (χ0v) is 14.8. The summed E-state index contributed by atoms with van der Waals surface area (Å²) in [4.78, 5) is 38.8. The van der Waals surface area contributed by atoms with Gasteiger partial charge in [-0.1, -0.05) is 13.8 Å². The van der Waals surface area contributed by atoms with Gasteiger partial charge in [0.1, 0.15) is 12.4 Å². The molecule has 0 aromatic heterocycles. The summed E-state index contributed by atoms with van der Waals surface area (Å²) in [6, 6.07) is 2.84. The Labute approximate surface area is 151 Å². The summed E-state index contributed by atoms with van der Waals surface area (Å²) in [5, 5.41) is 2.51. The quantitative estimate of drug-likeness (QED) is 0.677. The lowest BCUT2D eigenvalue weighted by atomic mass is 10.2. The van der Waals surface area contributed by atoms with Gasteiger partial charge in [-0.05, 0) is 31.3 Å². The van der Waals surface area contributed by atoms with E-state index in [9.17, 15) is 18.8 Å². The van der Waals surface area contributed by atoms with Crippen molar-refractivity contribution < 1.29 is 23.5 Å². The van der Waals surface area contributed by atoms with E-state index < -0.39 is 23.7 Å². The number of halogens is 1. The minimum Gasteiger partial charge on any atom is -0.370 e. The molecule has 9 heteroatoms. The van der Waals surface area contributed by atoms with Crippen molar-refractivity contribution in [1.29, 1.82) is 0 Å². The van der Waals surface area contributed by atoms with Crippen LogP contribution in [0.25, 0.3) is 0 Å². The number of anilines is 2. The van der Waals surface area contributed by atoms with Crippen LogP contribution in [0.2, 0.25) is 0 Å². The van der Waals surface area contributed by atoms with Gasteiger partial charge in [-0.3, -0.25) is 19.3 Å². The molecule has 142 valence electrons.